The molecular formula is C21H27IN4O3. The third-order valence-corrected chi connectivity index (χ3v) is 4.74. The van der Waals surface area contributed by atoms with Crippen LogP contribution in [0, 0.1) is 0 Å². The van der Waals surface area contributed by atoms with E-state index in [-0.39, 0.29) is 41.7 Å². The molecule has 1 aliphatic heterocycles. The second-order valence-electron chi connectivity index (χ2n) is 6.63. The number of benzene rings is 2. The van der Waals surface area contributed by atoms with E-state index >= 15 is 0 Å². The average Bonchev–Trinajstić information content (AvgIpc) is 3.09. The minimum atomic E-state index is -0.00621. The van der Waals surface area contributed by atoms with Crippen molar-refractivity contribution in [1.82, 2.24) is 10.6 Å². The van der Waals surface area contributed by atoms with Gasteiger partial charge in [0, 0.05) is 38.3 Å². The first-order valence-electron chi connectivity index (χ1n) is 9.29. The third kappa shape index (κ3) is 5.99. The van der Waals surface area contributed by atoms with Gasteiger partial charge < -0.3 is 25.4 Å². The zero-order chi connectivity index (χ0) is 19.9. The molecule has 3 N–H and O–H groups in total. The number of phenols is 1. The van der Waals surface area contributed by atoms with Gasteiger partial charge in [-0.05, 0) is 30.2 Å². The fourth-order valence-electron chi connectivity index (χ4n) is 3.25. The molecular weight excluding hydrogens is 483 g/mol. The highest BCUT2D eigenvalue weighted by Gasteiger charge is 2.30. The SMILES string of the molecule is CN=C(NCCc1ccc(OC)cc1O)NC1CC(=O)N(c2ccccc2)C1.I. The molecule has 3 rings (SSSR count). The molecule has 7 nitrogen and oxygen atoms in total. The van der Waals surface area contributed by atoms with Gasteiger partial charge in [-0.2, -0.15) is 0 Å². The lowest BCUT2D eigenvalue weighted by Crippen LogP contribution is -2.45. The summed E-state index contributed by atoms with van der Waals surface area (Å²) in [7, 11) is 3.27. The third-order valence-electron chi connectivity index (χ3n) is 4.74. The van der Waals surface area contributed by atoms with Gasteiger partial charge in [-0.3, -0.25) is 9.79 Å². The number of phenolic OH excluding ortho intramolecular Hbond substituents is 1. The van der Waals surface area contributed by atoms with E-state index in [0.29, 0.717) is 37.6 Å². The Morgan fingerprint density at radius 1 is 1.28 bits per heavy atom. The van der Waals surface area contributed by atoms with E-state index in [1.54, 1.807) is 25.1 Å². The second-order valence-corrected chi connectivity index (χ2v) is 6.63. The summed E-state index contributed by atoms with van der Waals surface area (Å²) in [5.41, 5.74) is 1.74. The molecule has 2 aromatic carbocycles. The van der Waals surface area contributed by atoms with Crippen LogP contribution < -0.4 is 20.3 Å². The van der Waals surface area contributed by atoms with Crippen molar-refractivity contribution in [2.75, 3.05) is 32.1 Å². The van der Waals surface area contributed by atoms with Crippen molar-refractivity contribution < 1.29 is 14.6 Å². The molecule has 0 radical (unpaired) electrons. The summed E-state index contributed by atoms with van der Waals surface area (Å²) in [4.78, 5) is 18.4. The number of methoxy groups -OCH3 is 1. The predicted octanol–water partition coefficient (Wildman–Crippen LogP) is 2.53. The number of carbonyl (C=O) groups is 1. The molecule has 1 fully saturated rings. The van der Waals surface area contributed by atoms with Crippen LogP contribution in [-0.4, -0.2) is 50.3 Å². The van der Waals surface area contributed by atoms with Gasteiger partial charge in [0.05, 0.1) is 13.2 Å². The number of aromatic hydroxyl groups is 1. The molecule has 0 spiro atoms. The van der Waals surface area contributed by atoms with Crippen molar-refractivity contribution in [1.29, 1.82) is 0 Å². The summed E-state index contributed by atoms with van der Waals surface area (Å²) in [6.45, 7) is 1.20. The van der Waals surface area contributed by atoms with E-state index in [9.17, 15) is 9.90 Å². The van der Waals surface area contributed by atoms with Gasteiger partial charge in [0.1, 0.15) is 11.5 Å². The lowest BCUT2D eigenvalue weighted by atomic mass is 10.1. The topological polar surface area (TPSA) is 86.2 Å². The smallest absolute Gasteiger partial charge is 0.229 e. The number of amides is 1. The number of hydrogen-bond acceptors (Lipinski definition) is 4. The first kappa shape index (κ1) is 22.8. The molecule has 1 unspecified atom stereocenters. The number of nitrogens with zero attached hydrogens (tertiary/aromatic N) is 2. The summed E-state index contributed by atoms with van der Waals surface area (Å²) in [5.74, 6) is 1.58. The quantitative estimate of drug-likeness (QED) is 0.316. The number of halogens is 1. The number of nitrogens with one attached hydrogen (secondary N) is 2. The van der Waals surface area contributed by atoms with Gasteiger partial charge >= 0.3 is 0 Å². The largest absolute Gasteiger partial charge is 0.508 e. The molecule has 1 heterocycles. The van der Waals surface area contributed by atoms with E-state index in [2.05, 4.69) is 15.6 Å². The summed E-state index contributed by atoms with van der Waals surface area (Å²) < 4.78 is 5.10. The number of aliphatic imine (C=N–C) groups is 1. The Balaban J connectivity index is 0.00000300. The normalized spacial score (nSPS) is 16.3. The number of anilines is 1. The Kier molecular flexibility index (Phi) is 8.56. The molecule has 1 amide bonds. The van der Waals surface area contributed by atoms with Crippen LogP contribution in [0.4, 0.5) is 5.69 Å². The molecule has 0 bridgehead atoms. The molecule has 0 aliphatic carbocycles. The lowest BCUT2D eigenvalue weighted by Gasteiger charge is -2.19. The van der Waals surface area contributed by atoms with Crippen LogP contribution in [0.2, 0.25) is 0 Å². The summed E-state index contributed by atoms with van der Waals surface area (Å²) in [6, 6.07) is 14.9. The Hall–Kier alpha value is -2.49. The van der Waals surface area contributed by atoms with Crippen molar-refractivity contribution in [2.24, 2.45) is 4.99 Å². The molecule has 29 heavy (non-hydrogen) atoms. The van der Waals surface area contributed by atoms with Crippen LogP contribution in [0.15, 0.2) is 53.5 Å². The number of guanidine groups is 1. The maximum Gasteiger partial charge on any atom is 0.229 e. The van der Waals surface area contributed by atoms with Crippen LogP contribution in [0.3, 0.4) is 0 Å². The summed E-state index contributed by atoms with van der Waals surface area (Å²) >= 11 is 0. The van der Waals surface area contributed by atoms with Gasteiger partial charge in [-0.15, -0.1) is 24.0 Å². The molecule has 1 atom stereocenters. The van der Waals surface area contributed by atoms with E-state index < -0.39 is 0 Å². The van der Waals surface area contributed by atoms with E-state index in [1.165, 1.54) is 0 Å². The Morgan fingerprint density at radius 2 is 2.03 bits per heavy atom. The zero-order valence-electron chi connectivity index (χ0n) is 16.6. The van der Waals surface area contributed by atoms with Crippen LogP contribution in [0.5, 0.6) is 11.5 Å². The molecule has 0 saturated carbocycles. The van der Waals surface area contributed by atoms with Crippen molar-refractivity contribution >= 4 is 41.5 Å². The number of ether oxygens (including phenoxy) is 1. The van der Waals surface area contributed by atoms with Crippen molar-refractivity contribution in [2.45, 2.75) is 18.9 Å². The summed E-state index contributed by atoms with van der Waals surface area (Å²) in [5, 5.41) is 16.6. The highest BCUT2D eigenvalue weighted by atomic mass is 127. The van der Waals surface area contributed by atoms with Gasteiger partial charge in [-0.25, -0.2) is 0 Å². The maximum atomic E-state index is 12.3. The van der Waals surface area contributed by atoms with E-state index in [0.717, 1.165) is 11.3 Å². The molecule has 0 aromatic heterocycles. The van der Waals surface area contributed by atoms with Crippen LogP contribution >= 0.6 is 24.0 Å². The fraction of sp³-hybridized carbons (Fsp3) is 0.333. The maximum absolute atomic E-state index is 12.3. The van der Waals surface area contributed by atoms with Crippen LogP contribution in [-0.2, 0) is 11.2 Å². The second kappa shape index (κ2) is 10.9. The highest BCUT2D eigenvalue weighted by Crippen LogP contribution is 2.23. The standard InChI is InChI=1S/C21H26N4O3.HI/c1-22-21(23-11-10-15-8-9-18(28-2)13-19(15)26)24-16-12-20(27)25(14-16)17-6-4-3-5-7-17;/h3-9,13,16,26H,10-12,14H2,1-2H3,(H2,22,23,24);1H. The van der Waals surface area contributed by atoms with E-state index in [1.807, 2.05) is 42.5 Å². The minimum Gasteiger partial charge on any atom is -0.508 e. The first-order valence-corrected chi connectivity index (χ1v) is 9.29. The minimum absolute atomic E-state index is 0. The fourth-order valence-corrected chi connectivity index (χ4v) is 3.25. The van der Waals surface area contributed by atoms with Crippen molar-refractivity contribution in [3.63, 3.8) is 0 Å². The summed E-state index contributed by atoms with van der Waals surface area (Å²) in [6.07, 6.45) is 1.06. The van der Waals surface area contributed by atoms with Crippen LogP contribution in [0.25, 0.3) is 0 Å². The van der Waals surface area contributed by atoms with E-state index in [4.69, 9.17) is 4.74 Å². The van der Waals surface area contributed by atoms with Gasteiger partial charge in [0.15, 0.2) is 5.96 Å². The predicted molar refractivity (Wildman–Crippen MR) is 125 cm³/mol. The number of rotatable bonds is 6. The van der Waals surface area contributed by atoms with Gasteiger partial charge in [0.25, 0.3) is 0 Å². The Labute approximate surface area is 188 Å². The monoisotopic (exact) mass is 510 g/mol. The molecule has 1 saturated heterocycles. The van der Waals surface area contributed by atoms with Gasteiger partial charge in [0.2, 0.25) is 5.91 Å². The number of carbonyl (C=O) groups excluding carboxylic acids is 1. The molecule has 8 heteroatoms. The van der Waals surface area contributed by atoms with Crippen molar-refractivity contribution in [3.05, 3.63) is 54.1 Å². The Morgan fingerprint density at radius 3 is 2.69 bits per heavy atom. The highest BCUT2D eigenvalue weighted by molar-refractivity contribution is 14.0. The number of para-hydroxylation sites is 1. The average molecular weight is 510 g/mol. The lowest BCUT2D eigenvalue weighted by molar-refractivity contribution is -0.117. The Bertz CT molecular complexity index is 845. The number of hydrogen-bond donors (Lipinski definition) is 3. The van der Waals surface area contributed by atoms with Gasteiger partial charge in [-0.1, -0.05) is 24.3 Å². The van der Waals surface area contributed by atoms with Crippen LogP contribution in [0.1, 0.15) is 12.0 Å². The molecule has 2 aromatic rings. The molecule has 1 aliphatic rings. The zero-order valence-corrected chi connectivity index (χ0v) is 18.9. The first-order chi connectivity index (χ1) is 13.6. The molecule has 156 valence electrons. The van der Waals surface area contributed by atoms with Crippen molar-refractivity contribution in [3.8, 4) is 11.5 Å².